The van der Waals surface area contributed by atoms with E-state index >= 15 is 0 Å². The number of nitrogens with one attached hydrogen (secondary N) is 3. The average Bonchev–Trinajstić information content (AvgIpc) is 2.79. The van der Waals surface area contributed by atoms with Crippen LogP contribution >= 0.6 is 0 Å². The van der Waals surface area contributed by atoms with Gasteiger partial charge in [0.1, 0.15) is 5.82 Å². The van der Waals surface area contributed by atoms with E-state index in [2.05, 4.69) is 103 Å². The minimum atomic E-state index is -2.29. The zero-order valence-electron chi connectivity index (χ0n) is 26.7. The van der Waals surface area contributed by atoms with Gasteiger partial charge in [0.2, 0.25) is 0 Å². The number of fused-ring (bicyclic) bond motifs is 1. The Labute approximate surface area is 248 Å². The molecule has 2 aromatic rings. The van der Waals surface area contributed by atoms with Crippen LogP contribution in [0.5, 0.6) is 0 Å². The summed E-state index contributed by atoms with van der Waals surface area (Å²) in [6.07, 6.45) is 0.609. The second-order valence-electron chi connectivity index (χ2n) is 15.1. The van der Waals surface area contributed by atoms with Crippen LogP contribution in [0, 0.1) is 11.2 Å². The lowest BCUT2D eigenvalue weighted by atomic mass is 9.82. The van der Waals surface area contributed by atoms with E-state index in [9.17, 15) is 14.3 Å². The Morgan fingerprint density at radius 1 is 1.12 bits per heavy atom. The van der Waals surface area contributed by atoms with Gasteiger partial charge in [-0.15, -0.1) is 0 Å². The maximum absolute atomic E-state index is 14.1. The van der Waals surface area contributed by atoms with Crippen LogP contribution in [-0.2, 0) is 17.3 Å². The molecule has 1 heterocycles. The maximum atomic E-state index is 14.1. The van der Waals surface area contributed by atoms with Crippen molar-refractivity contribution in [2.24, 2.45) is 5.41 Å². The van der Waals surface area contributed by atoms with Crippen molar-refractivity contribution in [1.29, 1.82) is 0 Å². The molecule has 0 fully saturated rings. The highest BCUT2D eigenvalue weighted by molar-refractivity contribution is 6.74. The largest absolute Gasteiger partial charge is 0.465 e. The Bertz CT molecular complexity index is 1200. The molecule has 8 heteroatoms. The Hall–Kier alpha value is -2.42. The van der Waals surface area contributed by atoms with E-state index in [1.807, 2.05) is 6.07 Å². The summed E-state index contributed by atoms with van der Waals surface area (Å²) in [5.74, 6) is -0.337. The monoisotopic (exact) mass is 585 g/mol. The number of anilines is 1. The molecule has 0 radical (unpaired) electrons. The molecule has 0 spiro atoms. The molecule has 3 rings (SSSR count). The molecule has 2 aromatic carbocycles. The predicted octanol–water partition coefficient (Wildman–Crippen LogP) is 7.91. The van der Waals surface area contributed by atoms with Gasteiger partial charge in [-0.2, -0.15) is 0 Å². The summed E-state index contributed by atoms with van der Waals surface area (Å²) in [6, 6.07) is 12.6. The maximum Gasteiger partial charge on any atom is 0.404 e. The van der Waals surface area contributed by atoms with Gasteiger partial charge >= 0.3 is 6.09 Å². The molecule has 41 heavy (non-hydrogen) atoms. The first-order valence-corrected chi connectivity index (χ1v) is 17.7. The molecule has 1 aliphatic heterocycles. The smallest absolute Gasteiger partial charge is 0.404 e. The fraction of sp³-hybridized carbons (Fsp3) is 0.606. The highest BCUT2D eigenvalue weighted by atomic mass is 28.4. The lowest BCUT2D eigenvalue weighted by molar-refractivity contribution is 0.120. The van der Waals surface area contributed by atoms with Crippen LogP contribution in [0.3, 0.4) is 0 Å². The van der Waals surface area contributed by atoms with Crippen molar-refractivity contribution in [2.45, 2.75) is 117 Å². The number of rotatable bonds is 10. The molecule has 3 atom stereocenters. The standard InChI is InChI=1S/C33H52FN3O3Si/c1-31(2,3)19-23-14-15-26-25(17-23)28(20-33(7,8)37-26)35-21-29(40-41(9,10)32(4,5)6)27(36-30(38)39)18-22-12-11-13-24(34)16-22/h11-17,27-29,35-37H,18-21H2,1-10H3,(H,38,39)/t27-,28-,29+/m0/s1. The van der Waals surface area contributed by atoms with E-state index in [1.165, 1.54) is 23.3 Å². The molecule has 6 nitrogen and oxygen atoms in total. The van der Waals surface area contributed by atoms with Crippen LogP contribution in [0.25, 0.3) is 0 Å². The molecule has 1 aliphatic rings. The lowest BCUT2D eigenvalue weighted by Gasteiger charge is -2.43. The van der Waals surface area contributed by atoms with Crippen molar-refractivity contribution in [3.05, 3.63) is 65.0 Å². The fourth-order valence-electron chi connectivity index (χ4n) is 5.39. The highest BCUT2D eigenvalue weighted by Gasteiger charge is 2.42. The van der Waals surface area contributed by atoms with Gasteiger partial charge in [-0.3, -0.25) is 0 Å². The van der Waals surface area contributed by atoms with E-state index in [0.29, 0.717) is 13.0 Å². The molecule has 1 amide bonds. The highest BCUT2D eigenvalue weighted by Crippen LogP contribution is 2.40. The second kappa shape index (κ2) is 12.4. The molecule has 0 bridgehead atoms. The first kappa shape index (κ1) is 33.1. The number of hydrogen-bond acceptors (Lipinski definition) is 4. The predicted molar refractivity (Wildman–Crippen MR) is 170 cm³/mol. The summed E-state index contributed by atoms with van der Waals surface area (Å²) in [5, 5.41) is 20.0. The van der Waals surface area contributed by atoms with Crippen molar-refractivity contribution in [1.82, 2.24) is 10.6 Å². The van der Waals surface area contributed by atoms with Crippen molar-refractivity contribution in [3.63, 3.8) is 0 Å². The third-order valence-electron chi connectivity index (χ3n) is 8.33. The third-order valence-corrected chi connectivity index (χ3v) is 12.8. The molecule has 0 aromatic heterocycles. The molecule has 0 aliphatic carbocycles. The van der Waals surface area contributed by atoms with Crippen LogP contribution in [-0.4, -0.2) is 43.7 Å². The van der Waals surface area contributed by atoms with E-state index in [-0.39, 0.29) is 27.9 Å². The van der Waals surface area contributed by atoms with Crippen LogP contribution in [0.15, 0.2) is 42.5 Å². The van der Waals surface area contributed by atoms with Crippen LogP contribution in [0.2, 0.25) is 18.1 Å². The summed E-state index contributed by atoms with van der Waals surface area (Å²) in [5.41, 5.74) is 4.44. The molecule has 4 N–H and O–H groups in total. The van der Waals surface area contributed by atoms with Gasteiger partial charge in [0.05, 0.1) is 12.1 Å². The first-order chi connectivity index (χ1) is 18.7. The van der Waals surface area contributed by atoms with Crippen molar-refractivity contribution in [3.8, 4) is 0 Å². The molecule has 0 saturated heterocycles. The van der Waals surface area contributed by atoms with Crippen LogP contribution < -0.4 is 16.0 Å². The van der Waals surface area contributed by atoms with Crippen molar-refractivity contribution >= 4 is 20.1 Å². The SMILES string of the molecule is CC(C)(C)Cc1ccc2c(c1)[C@@H](NC[C@@H](O[Si](C)(C)C(C)(C)C)[C@H](Cc1cccc(F)c1)NC(=O)O)CC(C)(C)N2. The number of carboxylic acid groups (broad SMARTS) is 1. The Kier molecular flexibility index (Phi) is 10.0. The molecule has 0 unspecified atom stereocenters. The van der Waals surface area contributed by atoms with Gasteiger partial charge in [0.25, 0.3) is 0 Å². The average molecular weight is 586 g/mol. The van der Waals surface area contributed by atoms with Crippen molar-refractivity contribution < 1.29 is 18.7 Å². The zero-order valence-corrected chi connectivity index (χ0v) is 27.7. The minimum absolute atomic E-state index is 0.0614. The summed E-state index contributed by atoms with van der Waals surface area (Å²) in [7, 11) is -2.29. The Balaban J connectivity index is 1.96. The van der Waals surface area contributed by atoms with E-state index in [4.69, 9.17) is 4.43 Å². The van der Waals surface area contributed by atoms with Crippen LogP contribution in [0.1, 0.15) is 84.5 Å². The molecular formula is C33H52FN3O3Si. The summed E-state index contributed by atoms with van der Waals surface area (Å²) < 4.78 is 21.0. The minimum Gasteiger partial charge on any atom is -0.465 e. The van der Waals surface area contributed by atoms with Gasteiger partial charge < -0.3 is 25.5 Å². The van der Waals surface area contributed by atoms with E-state index in [0.717, 1.165) is 24.1 Å². The Morgan fingerprint density at radius 2 is 1.80 bits per heavy atom. The fourth-order valence-corrected chi connectivity index (χ4v) is 6.74. The number of carbonyl (C=O) groups is 1. The topological polar surface area (TPSA) is 82.6 Å². The van der Waals surface area contributed by atoms with Gasteiger partial charge in [0.15, 0.2) is 8.32 Å². The zero-order chi connectivity index (χ0) is 30.8. The quantitative estimate of drug-likeness (QED) is 0.213. The number of amides is 1. The number of halogens is 1. The first-order valence-electron chi connectivity index (χ1n) is 14.8. The summed E-state index contributed by atoms with van der Waals surface area (Å²) in [6.45, 7) is 22.5. The number of hydrogen-bond donors (Lipinski definition) is 4. The van der Waals surface area contributed by atoms with Crippen LogP contribution in [0.4, 0.5) is 14.9 Å². The Morgan fingerprint density at radius 3 is 2.39 bits per heavy atom. The van der Waals surface area contributed by atoms with Gasteiger partial charge in [-0.25, -0.2) is 9.18 Å². The molecule has 228 valence electrons. The number of benzene rings is 2. The summed E-state index contributed by atoms with van der Waals surface area (Å²) >= 11 is 0. The van der Waals surface area contributed by atoms with Gasteiger partial charge in [-0.05, 0) is 91.5 Å². The normalized spacial score (nSPS) is 18.7. The third kappa shape index (κ3) is 9.55. The second-order valence-corrected chi connectivity index (χ2v) is 19.9. The van der Waals surface area contributed by atoms with Gasteiger partial charge in [0, 0.05) is 23.8 Å². The lowest BCUT2D eigenvalue weighted by Crippen LogP contribution is -2.56. The van der Waals surface area contributed by atoms with Crippen molar-refractivity contribution in [2.75, 3.05) is 11.9 Å². The molecular weight excluding hydrogens is 533 g/mol. The van der Waals surface area contributed by atoms with E-state index < -0.39 is 26.6 Å². The summed E-state index contributed by atoms with van der Waals surface area (Å²) in [4.78, 5) is 12.0. The molecule has 0 saturated carbocycles. The van der Waals surface area contributed by atoms with E-state index in [1.54, 1.807) is 6.07 Å². The van der Waals surface area contributed by atoms with Gasteiger partial charge in [-0.1, -0.05) is 65.8 Å².